The maximum atomic E-state index is 6.30. The molecule has 0 unspecified atom stereocenters. The van der Waals surface area contributed by atoms with Gasteiger partial charge in [-0.2, -0.15) is 0 Å². The summed E-state index contributed by atoms with van der Waals surface area (Å²) in [6, 6.07) is 7.30. The van der Waals surface area contributed by atoms with Crippen LogP contribution in [-0.4, -0.2) is 6.54 Å². The molecule has 1 aliphatic rings. The van der Waals surface area contributed by atoms with Gasteiger partial charge in [-0.3, -0.25) is 4.90 Å². The first kappa shape index (κ1) is 14.3. The van der Waals surface area contributed by atoms with E-state index >= 15 is 0 Å². The van der Waals surface area contributed by atoms with Crippen LogP contribution >= 0.6 is 46.4 Å². The third kappa shape index (κ3) is 2.71. The lowest BCUT2D eigenvalue weighted by Crippen LogP contribution is -2.31. The molecule has 0 N–H and O–H groups in total. The van der Waals surface area contributed by atoms with Crippen molar-refractivity contribution in [1.29, 1.82) is 0 Å². The van der Waals surface area contributed by atoms with Crippen LogP contribution in [0.25, 0.3) is 0 Å². The zero-order valence-corrected chi connectivity index (χ0v) is 13.4. The van der Waals surface area contributed by atoms with E-state index in [1.54, 1.807) is 12.1 Å². The molecule has 6 heteroatoms. The van der Waals surface area contributed by atoms with Crippen molar-refractivity contribution in [2.45, 2.75) is 13.1 Å². The molecule has 0 spiro atoms. The van der Waals surface area contributed by atoms with Crippen molar-refractivity contribution in [3.05, 3.63) is 56.1 Å². The van der Waals surface area contributed by atoms with Crippen molar-refractivity contribution >= 4 is 52.2 Å². The Balaban J connectivity index is 1.92. The molecule has 2 aromatic rings. The molecule has 1 aromatic heterocycles. The largest absolute Gasteiger partial charge is 0.296 e. The second kappa shape index (κ2) is 5.61. The third-order valence-corrected chi connectivity index (χ3v) is 4.39. The molecule has 0 atom stereocenters. The fourth-order valence-corrected chi connectivity index (χ4v) is 3.51. The lowest BCUT2D eigenvalue weighted by molar-refractivity contribution is -0.670. The zero-order valence-electron chi connectivity index (χ0n) is 10.4. The van der Waals surface area contributed by atoms with Crippen LogP contribution in [0.1, 0.15) is 5.56 Å². The van der Waals surface area contributed by atoms with Gasteiger partial charge >= 0.3 is 0 Å². The first-order chi connectivity index (χ1) is 9.54. The van der Waals surface area contributed by atoms with Crippen molar-refractivity contribution in [2.24, 2.45) is 0 Å². The van der Waals surface area contributed by atoms with E-state index in [0.717, 1.165) is 24.5 Å². The van der Waals surface area contributed by atoms with Crippen molar-refractivity contribution < 1.29 is 4.57 Å². The van der Waals surface area contributed by atoms with Gasteiger partial charge in [-0.1, -0.05) is 52.5 Å². The van der Waals surface area contributed by atoms with Crippen LogP contribution in [0, 0.1) is 0 Å². The molecule has 2 heterocycles. The number of fused-ring (bicyclic) bond motifs is 1. The molecule has 0 bridgehead atoms. The van der Waals surface area contributed by atoms with Gasteiger partial charge in [0.05, 0.1) is 5.02 Å². The molecule has 0 saturated carbocycles. The number of aromatic nitrogens is 1. The molecule has 0 aliphatic carbocycles. The molecule has 0 fully saturated rings. The molecule has 20 heavy (non-hydrogen) atoms. The predicted octanol–water partition coefficient (Wildman–Crippen LogP) is 4.61. The highest BCUT2D eigenvalue weighted by molar-refractivity contribution is 6.36. The first-order valence-electron chi connectivity index (χ1n) is 6.12. The standard InChI is InChI=1S/C14H11Cl4N2/c15-10-2-1-9(12(17)5-10)7-19-3-4-20-8-11(16)6-13(18)14(19)20/h1-2,5-6,8H,3-4,7H2/q+1. The van der Waals surface area contributed by atoms with E-state index in [4.69, 9.17) is 46.4 Å². The van der Waals surface area contributed by atoms with E-state index in [0.29, 0.717) is 26.6 Å². The van der Waals surface area contributed by atoms with E-state index in [2.05, 4.69) is 9.47 Å². The number of hydrogen-bond acceptors (Lipinski definition) is 1. The quantitative estimate of drug-likeness (QED) is 0.719. The Kier molecular flexibility index (Phi) is 4.00. The topological polar surface area (TPSA) is 7.12 Å². The van der Waals surface area contributed by atoms with E-state index in [-0.39, 0.29) is 0 Å². The van der Waals surface area contributed by atoms with Crippen LogP contribution in [0.2, 0.25) is 20.1 Å². The number of anilines is 1. The second-order valence-corrected chi connectivity index (χ2v) is 6.37. The Bertz CT molecular complexity index is 672. The monoisotopic (exact) mass is 347 g/mol. The van der Waals surface area contributed by atoms with Crippen LogP contribution in [0.4, 0.5) is 5.82 Å². The predicted molar refractivity (Wildman–Crippen MR) is 84.2 cm³/mol. The molecule has 1 aromatic carbocycles. The van der Waals surface area contributed by atoms with Crippen molar-refractivity contribution in [3.8, 4) is 0 Å². The molecule has 0 saturated heterocycles. The maximum Gasteiger partial charge on any atom is 0.296 e. The minimum absolute atomic E-state index is 0.639. The smallest absolute Gasteiger partial charge is 0.252 e. The summed E-state index contributed by atoms with van der Waals surface area (Å²) < 4.78 is 2.06. The molecule has 3 rings (SSSR count). The first-order valence-corrected chi connectivity index (χ1v) is 7.63. The Morgan fingerprint density at radius 1 is 1.00 bits per heavy atom. The summed E-state index contributed by atoms with van der Waals surface area (Å²) >= 11 is 24.5. The van der Waals surface area contributed by atoms with Crippen LogP contribution in [0.5, 0.6) is 0 Å². The van der Waals surface area contributed by atoms with Crippen LogP contribution in [0.15, 0.2) is 30.5 Å². The summed E-state index contributed by atoms with van der Waals surface area (Å²) in [4.78, 5) is 2.19. The van der Waals surface area contributed by atoms with Crippen LogP contribution in [-0.2, 0) is 13.1 Å². The molecular formula is C14H11Cl4N2+. The summed E-state index contributed by atoms with van der Waals surface area (Å²) in [6.45, 7) is 2.43. The summed E-state index contributed by atoms with van der Waals surface area (Å²) in [7, 11) is 0. The normalized spacial score (nSPS) is 13.7. The molecule has 2 nitrogen and oxygen atoms in total. The minimum Gasteiger partial charge on any atom is -0.252 e. The van der Waals surface area contributed by atoms with Gasteiger partial charge in [0.25, 0.3) is 5.82 Å². The minimum atomic E-state index is 0.639. The average Bonchev–Trinajstić information content (AvgIpc) is 2.76. The van der Waals surface area contributed by atoms with Gasteiger partial charge in [0, 0.05) is 15.6 Å². The number of benzene rings is 1. The summed E-state index contributed by atoms with van der Waals surface area (Å²) in [5.41, 5.74) is 1.02. The van der Waals surface area contributed by atoms with E-state index < -0.39 is 0 Å². The van der Waals surface area contributed by atoms with Gasteiger partial charge in [0.1, 0.15) is 30.9 Å². The Labute approximate surface area is 137 Å². The zero-order chi connectivity index (χ0) is 14.3. The van der Waals surface area contributed by atoms with E-state index in [9.17, 15) is 0 Å². The number of pyridine rings is 1. The Hall–Kier alpha value is -0.670. The summed E-state index contributed by atoms with van der Waals surface area (Å²) in [5, 5.41) is 2.60. The second-order valence-electron chi connectivity index (χ2n) is 4.68. The Morgan fingerprint density at radius 3 is 2.50 bits per heavy atom. The Morgan fingerprint density at radius 2 is 1.75 bits per heavy atom. The molecule has 0 radical (unpaired) electrons. The fraction of sp³-hybridized carbons (Fsp3) is 0.214. The lowest BCUT2D eigenvalue weighted by Gasteiger charge is -2.13. The van der Waals surface area contributed by atoms with Crippen molar-refractivity contribution in [2.75, 3.05) is 11.4 Å². The van der Waals surface area contributed by atoms with Crippen molar-refractivity contribution in [3.63, 3.8) is 0 Å². The number of rotatable bonds is 2. The summed E-state index contributed by atoms with van der Waals surface area (Å²) in [5.74, 6) is 0.974. The average molecular weight is 349 g/mol. The highest BCUT2D eigenvalue weighted by Gasteiger charge is 2.31. The van der Waals surface area contributed by atoms with E-state index in [1.165, 1.54) is 0 Å². The highest BCUT2D eigenvalue weighted by atomic mass is 35.5. The number of hydrogen-bond donors (Lipinski definition) is 0. The van der Waals surface area contributed by atoms with Crippen molar-refractivity contribution in [1.82, 2.24) is 0 Å². The van der Waals surface area contributed by atoms with E-state index in [1.807, 2.05) is 18.3 Å². The molecular weight excluding hydrogens is 338 g/mol. The fourth-order valence-electron chi connectivity index (χ4n) is 2.42. The third-order valence-electron chi connectivity index (χ3n) is 3.32. The van der Waals surface area contributed by atoms with Gasteiger partial charge in [-0.05, 0) is 18.2 Å². The van der Waals surface area contributed by atoms with Gasteiger partial charge < -0.3 is 0 Å². The van der Waals surface area contributed by atoms with Crippen LogP contribution < -0.4 is 9.47 Å². The number of halogens is 4. The van der Waals surface area contributed by atoms with Gasteiger partial charge in [-0.15, -0.1) is 0 Å². The SMILES string of the molecule is Clc1ccc(CN2CC[n+]3cc(Cl)cc(Cl)c32)c(Cl)c1. The molecule has 0 amide bonds. The molecule has 104 valence electrons. The lowest BCUT2D eigenvalue weighted by atomic mass is 10.2. The van der Waals surface area contributed by atoms with Gasteiger partial charge in [0.15, 0.2) is 0 Å². The molecule has 1 aliphatic heterocycles. The van der Waals surface area contributed by atoms with Gasteiger partial charge in [0.2, 0.25) is 0 Å². The highest BCUT2D eigenvalue weighted by Crippen LogP contribution is 2.30. The van der Waals surface area contributed by atoms with Crippen LogP contribution in [0.3, 0.4) is 0 Å². The van der Waals surface area contributed by atoms with Gasteiger partial charge in [-0.25, -0.2) is 4.57 Å². The summed E-state index contributed by atoms with van der Waals surface area (Å²) in [6.07, 6.45) is 1.90. The maximum absolute atomic E-state index is 6.30. The number of nitrogens with zero attached hydrogens (tertiary/aromatic N) is 2.